The molecule has 0 saturated heterocycles. The van der Waals surface area contributed by atoms with E-state index < -0.39 is 11.7 Å². The zero-order chi connectivity index (χ0) is 22.4. The predicted octanol–water partition coefficient (Wildman–Crippen LogP) is 6.89. The molecule has 0 saturated carbocycles. The van der Waals surface area contributed by atoms with Gasteiger partial charge < -0.3 is 15.4 Å². The summed E-state index contributed by atoms with van der Waals surface area (Å²) in [5, 5.41) is 5.83. The monoisotopic (exact) mass is 430 g/mol. The molecule has 0 bridgehead atoms. The summed E-state index contributed by atoms with van der Waals surface area (Å²) in [5.74, 6) is 0.638. The zero-order valence-corrected chi connectivity index (χ0v) is 17.6. The zero-order valence-electron chi connectivity index (χ0n) is 17.6. The molecule has 3 rings (SSSR count). The van der Waals surface area contributed by atoms with Crippen LogP contribution in [0.4, 0.5) is 36.3 Å². The van der Waals surface area contributed by atoms with Gasteiger partial charge in [-0.15, -0.1) is 0 Å². The van der Waals surface area contributed by atoms with Crippen molar-refractivity contribution >= 4 is 23.1 Å². The number of para-hydroxylation sites is 1. The lowest BCUT2D eigenvalue weighted by atomic mass is 9.97. The Bertz CT molecular complexity index is 1010. The molecule has 0 amide bonds. The average molecular weight is 430 g/mol. The summed E-state index contributed by atoms with van der Waals surface area (Å²) in [6, 6.07) is 14.3. The molecule has 0 spiro atoms. The number of halogens is 3. The Morgan fingerprint density at radius 1 is 1.00 bits per heavy atom. The fraction of sp³-hybridized carbons (Fsp3) is 0.304. The molecule has 5 nitrogen and oxygen atoms in total. The fourth-order valence-electron chi connectivity index (χ4n) is 3.06. The summed E-state index contributed by atoms with van der Waals surface area (Å²) in [6.07, 6.45) is -2.94. The van der Waals surface area contributed by atoms with Crippen molar-refractivity contribution in [2.75, 3.05) is 17.2 Å². The Labute approximate surface area is 179 Å². The molecule has 1 unspecified atom stereocenters. The van der Waals surface area contributed by atoms with Gasteiger partial charge in [-0.3, -0.25) is 0 Å². The van der Waals surface area contributed by atoms with Crippen molar-refractivity contribution in [3.8, 4) is 5.75 Å². The predicted molar refractivity (Wildman–Crippen MR) is 116 cm³/mol. The standard InChI is InChI=1S/C23H25F3N4O/c1-4-15(3)18-8-6-7-9-20(18)29-21-19(23(24,25)26)14-27-22(30-21)28-16-10-12-17(13-11-16)31-5-2/h6-15H,4-5H2,1-3H3,(H2,27,28,29,30). The number of benzene rings is 2. The molecule has 0 radical (unpaired) electrons. The molecule has 1 atom stereocenters. The van der Waals surface area contributed by atoms with Gasteiger partial charge in [-0.05, 0) is 55.2 Å². The minimum absolute atomic E-state index is 0.0562. The summed E-state index contributed by atoms with van der Waals surface area (Å²) < 4.78 is 46.2. The average Bonchev–Trinajstić information content (AvgIpc) is 2.74. The smallest absolute Gasteiger partial charge is 0.421 e. The van der Waals surface area contributed by atoms with E-state index in [1.54, 1.807) is 36.4 Å². The summed E-state index contributed by atoms with van der Waals surface area (Å²) >= 11 is 0. The second-order valence-corrected chi connectivity index (χ2v) is 7.06. The Morgan fingerprint density at radius 2 is 1.71 bits per heavy atom. The minimum Gasteiger partial charge on any atom is -0.494 e. The molecule has 1 heterocycles. The van der Waals surface area contributed by atoms with E-state index in [-0.39, 0.29) is 17.7 Å². The molecular formula is C23H25F3N4O. The number of hydrogen-bond donors (Lipinski definition) is 2. The van der Waals surface area contributed by atoms with Crippen LogP contribution in [0.2, 0.25) is 0 Å². The lowest BCUT2D eigenvalue weighted by Crippen LogP contribution is -2.13. The molecule has 1 aromatic heterocycles. The Kier molecular flexibility index (Phi) is 6.99. The van der Waals surface area contributed by atoms with Gasteiger partial charge in [0.1, 0.15) is 17.1 Å². The Hall–Kier alpha value is -3.29. The maximum Gasteiger partial charge on any atom is 0.421 e. The van der Waals surface area contributed by atoms with Crippen molar-refractivity contribution in [1.29, 1.82) is 0 Å². The first-order valence-corrected chi connectivity index (χ1v) is 10.1. The summed E-state index contributed by atoms with van der Waals surface area (Å²) in [7, 11) is 0. The van der Waals surface area contributed by atoms with E-state index in [2.05, 4.69) is 20.6 Å². The molecule has 0 aliphatic carbocycles. The van der Waals surface area contributed by atoms with Crippen molar-refractivity contribution in [3.63, 3.8) is 0 Å². The van der Waals surface area contributed by atoms with Crippen LogP contribution in [0.1, 0.15) is 44.2 Å². The van der Waals surface area contributed by atoms with Crippen LogP contribution in [0.5, 0.6) is 5.75 Å². The van der Waals surface area contributed by atoms with Crippen molar-refractivity contribution in [2.24, 2.45) is 0 Å². The number of aromatic nitrogens is 2. The van der Waals surface area contributed by atoms with E-state index in [1.165, 1.54) is 0 Å². The highest BCUT2D eigenvalue weighted by Crippen LogP contribution is 2.37. The maximum absolute atomic E-state index is 13.6. The molecular weight excluding hydrogens is 405 g/mol. The Balaban J connectivity index is 1.93. The second kappa shape index (κ2) is 9.68. The molecule has 31 heavy (non-hydrogen) atoms. The molecule has 0 fully saturated rings. The van der Waals surface area contributed by atoms with Gasteiger partial charge in [0.15, 0.2) is 0 Å². The molecule has 8 heteroatoms. The van der Waals surface area contributed by atoms with Crippen molar-refractivity contribution < 1.29 is 17.9 Å². The van der Waals surface area contributed by atoms with Crippen LogP contribution in [-0.4, -0.2) is 16.6 Å². The van der Waals surface area contributed by atoms with E-state index in [0.717, 1.165) is 18.2 Å². The number of rotatable bonds is 8. The van der Waals surface area contributed by atoms with Gasteiger partial charge in [0.2, 0.25) is 5.95 Å². The van der Waals surface area contributed by atoms with Crippen molar-refractivity contribution in [1.82, 2.24) is 9.97 Å². The van der Waals surface area contributed by atoms with Gasteiger partial charge in [-0.2, -0.15) is 18.2 Å². The highest BCUT2D eigenvalue weighted by atomic mass is 19.4. The maximum atomic E-state index is 13.6. The highest BCUT2D eigenvalue weighted by molar-refractivity contribution is 5.66. The van der Waals surface area contributed by atoms with E-state index in [1.807, 2.05) is 32.9 Å². The third kappa shape index (κ3) is 5.65. The normalized spacial score (nSPS) is 12.3. The Morgan fingerprint density at radius 3 is 2.35 bits per heavy atom. The summed E-state index contributed by atoms with van der Waals surface area (Å²) in [6.45, 7) is 6.49. The van der Waals surface area contributed by atoms with Crippen LogP contribution in [-0.2, 0) is 6.18 Å². The van der Waals surface area contributed by atoms with E-state index in [4.69, 9.17) is 4.74 Å². The third-order valence-electron chi connectivity index (χ3n) is 4.87. The van der Waals surface area contributed by atoms with Crippen LogP contribution in [0.25, 0.3) is 0 Å². The molecule has 164 valence electrons. The van der Waals surface area contributed by atoms with E-state index in [9.17, 15) is 13.2 Å². The molecule has 2 aromatic carbocycles. The first-order valence-electron chi connectivity index (χ1n) is 10.1. The summed E-state index contributed by atoms with van der Waals surface area (Å²) in [4.78, 5) is 7.99. The molecule has 0 aliphatic rings. The van der Waals surface area contributed by atoms with Crippen LogP contribution in [0.3, 0.4) is 0 Å². The topological polar surface area (TPSA) is 59.1 Å². The number of alkyl halides is 3. The molecule has 0 aliphatic heterocycles. The number of nitrogens with zero attached hydrogens (tertiary/aromatic N) is 2. The van der Waals surface area contributed by atoms with Crippen LogP contribution in [0, 0.1) is 0 Å². The van der Waals surface area contributed by atoms with Crippen LogP contribution < -0.4 is 15.4 Å². The number of ether oxygens (including phenoxy) is 1. The van der Waals surface area contributed by atoms with E-state index >= 15 is 0 Å². The van der Waals surface area contributed by atoms with Crippen molar-refractivity contribution in [3.05, 3.63) is 65.9 Å². The third-order valence-corrected chi connectivity index (χ3v) is 4.87. The van der Waals surface area contributed by atoms with Gasteiger partial charge >= 0.3 is 6.18 Å². The number of nitrogens with one attached hydrogen (secondary N) is 2. The number of hydrogen-bond acceptors (Lipinski definition) is 5. The lowest BCUT2D eigenvalue weighted by Gasteiger charge is -2.19. The fourth-order valence-corrected chi connectivity index (χ4v) is 3.06. The SMILES string of the molecule is CCOc1ccc(Nc2ncc(C(F)(F)F)c(Nc3ccccc3C(C)CC)n2)cc1. The molecule has 2 N–H and O–H groups in total. The first-order chi connectivity index (χ1) is 14.8. The second-order valence-electron chi connectivity index (χ2n) is 7.06. The summed E-state index contributed by atoms with van der Waals surface area (Å²) in [5.41, 5.74) is 1.23. The largest absolute Gasteiger partial charge is 0.494 e. The van der Waals surface area contributed by atoms with E-state index in [0.29, 0.717) is 23.7 Å². The van der Waals surface area contributed by atoms with Gasteiger partial charge in [0, 0.05) is 17.6 Å². The number of anilines is 4. The van der Waals surface area contributed by atoms with Gasteiger partial charge in [-0.25, -0.2) is 4.98 Å². The van der Waals surface area contributed by atoms with Crippen LogP contribution >= 0.6 is 0 Å². The van der Waals surface area contributed by atoms with Gasteiger partial charge in [0.25, 0.3) is 0 Å². The molecule has 3 aromatic rings. The first kappa shape index (κ1) is 22.4. The van der Waals surface area contributed by atoms with Crippen molar-refractivity contribution in [2.45, 2.75) is 39.3 Å². The van der Waals surface area contributed by atoms with Crippen LogP contribution in [0.15, 0.2) is 54.7 Å². The minimum atomic E-state index is -4.59. The quantitative estimate of drug-likeness (QED) is 0.407. The van der Waals surface area contributed by atoms with Gasteiger partial charge in [0.05, 0.1) is 6.61 Å². The van der Waals surface area contributed by atoms with Gasteiger partial charge in [-0.1, -0.05) is 32.0 Å². The lowest BCUT2D eigenvalue weighted by molar-refractivity contribution is -0.137. The highest BCUT2D eigenvalue weighted by Gasteiger charge is 2.35.